The molecule has 3 atom stereocenters. The standard InChI is InChI=1S/C18H18BrN5O3/c19-13-4-3-10-9-26-5-1-2-14-22-15(27-24-14)8-18-6-11(20-12(18)7-18)17(25)23-16(10)21-13/h1-4,11-12,20H,5-9H2,(H,21,23,25)/t11-,12?,18-/m0/s1. The van der Waals surface area contributed by atoms with Crippen LogP contribution in [0.5, 0.6) is 0 Å². The number of fused-ring (bicyclic) bond motifs is 4. The van der Waals surface area contributed by atoms with E-state index in [4.69, 9.17) is 9.26 Å². The second-order valence-corrected chi connectivity index (χ2v) is 8.13. The van der Waals surface area contributed by atoms with Gasteiger partial charge in [0.15, 0.2) is 5.82 Å². The number of hydrogen-bond donors (Lipinski definition) is 2. The van der Waals surface area contributed by atoms with Gasteiger partial charge in [-0.25, -0.2) is 4.98 Å². The Morgan fingerprint density at radius 1 is 1.26 bits per heavy atom. The van der Waals surface area contributed by atoms with E-state index in [-0.39, 0.29) is 17.4 Å². The van der Waals surface area contributed by atoms with Gasteiger partial charge in [-0.3, -0.25) is 4.79 Å². The van der Waals surface area contributed by atoms with E-state index in [0.29, 0.717) is 47.8 Å². The molecule has 4 bridgehead atoms. The fourth-order valence-corrected chi connectivity index (χ4v) is 4.25. The first kappa shape index (κ1) is 17.0. The Labute approximate surface area is 163 Å². The van der Waals surface area contributed by atoms with Crippen molar-refractivity contribution in [3.05, 3.63) is 40.1 Å². The van der Waals surface area contributed by atoms with E-state index in [1.807, 2.05) is 18.2 Å². The molecule has 1 unspecified atom stereocenters. The highest BCUT2D eigenvalue weighted by Crippen LogP contribution is 2.56. The Hall–Kier alpha value is -2.10. The summed E-state index contributed by atoms with van der Waals surface area (Å²) in [6.45, 7) is 0.728. The van der Waals surface area contributed by atoms with Crippen molar-refractivity contribution in [1.82, 2.24) is 20.4 Å². The molecule has 1 saturated carbocycles. The minimum atomic E-state index is -0.256. The molecule has 0 radical (unpaired) electrons. The van der Waals surface area contributed by atoms with E-state index in [9.17, 15) is 4.79 Å². The second-order valence-electron chi connectivity index (χ2n) is 7.31. The zero-order valence-corrected chi connectivity index (χ0v) is 16.0. The number of amides is 1. The van der Waals surface area contributed by atoms with Gasteiger partial charge in [0.1, 0.15) is 10.4 Å². The molecule has 2 aromatic rings. The van der Waals surface area contributed by atoms with Crippen LogP contribution in [0.4, 0.5) is 5.82 Å². The van der Waals surface area contributed by atoms with Gasteiger partial charge in [0, 0.05) is 18.0 Å². The van der Waals surface area contributed by atoms with Crippen LogP contribution in [0.25, 0.3) is 6.08 Å². The molecule has 27 heavy (non-hydrogen) atoms. The maximum Gasteiger partial charge on any atom is 0.242 e. The topological polar surface area (TPSA) is 102 Å². The molecule has 1 saturated heterocycles. The summed E-state index contributed by atoms with van der Waals surface area (Å²) in [6, 6.07) is 3.79. The molecule has 4 heterocycles. The van der Waals surface area contributed by atoms with Gasteiger partial charge in [0.25, 0.3) is 0 Å². The number of nitrogens with one attached hydrogen (secondary N) is 2. The third-order valence-corrected chi connectivity index (χ3v) is 5.87. The van der Waals surface area contributed by atoms with Crippen LogP contribution in [0.15, 0.2) is 27.3 Å². The largest absolute Gasteiger partial charge is 0.373 e. The van der Waals surface area contributed by atoms with Gasteiger partial charge in [-0.05, 0) is 46.3 Å². The van der Waals surface area contributed by atoms with E-state index >= 15 is 0 Å². The molecular formula is C18H18BrN5O3. The molecule has 2 N–H and O–H groups in total. The highest BCUT2D eigenvalue weighted by Gasteiger charge is 2.62. The first-order valence-corrected chi connectivity index (χ1v) is 9.70. The number of carbonyl (C=O) groups is 1. The molecule has 140 valence electrons. The number of pyridine rings is 1. The monoisotopic (exact) mass is 431 g/mol. The van der Waals surface area contributed by atoms with Crippen molar-refractivity contribution in [3.63, 3.8) is 0 Å². The Bertz CT molecular complexity index is 929. The average Bonchev–Trinajstić information content (AvgIpc) is 2.97. The van der Waals surface area contributed by atoms with Gasteiger partial charge in [0.05, 0.1) is 19.3 Å². The molecule has 8 nitrogen and oxygen atoms in total. The van der Waals surface area contributed by atoms with E-state index in [2.05, 4.69) is 41.7 Å². The van der Waals surface area contributed by atoms with Gasteiger partial charge in [-0.15, -0.1) is 0 Å². The lowest BCUT2D eigenvalue weighted by molar-refractivity contribution is -0.118. The Kier molecular flexibility index (Phi) is 4.10. The number of ether oxygens (including phenoxy) is 1. The maximum absolute atomic E-state index is 12.8. The van der Waals surface area contributed by atoms with Crippen LogP contribution in [0.1, 0.15) is 30.1 Å². The molecule has 0 aromatic carbocycles. The van der Waals surface area contributed by atoms with Gasteiger partial charge in [0.2, 0.25) is 11.8 Å². The van der Waals surface area contributed by atoms with E-state index in [1.54, 1.807) is 6.08 Å². The van der Waals surface area contributed by atoms with Gasteiger partial charge < -0.3 is 19.9 Å². The minimum absolute atomic E-state index is 0.0310. The van der Waals surface area contributed by atoms with Gasteiger partial charge in [-0.2, -0.15) is 4.98 Å². The number of anilines is 1. The molecule has 1 spiro atoms. The zero-order valence-electron chi connectivity index (χ0n) is 14.4. The molecule has 2 aromatic heterocycles. The summed E-state index contributed by atoms with van der Waals surface area (Å²) in [5.41, 5.74) is 0.857. The van der Waals surface area contributed by atoms with Crippen molar-refractivity contribution < 1.29 is 14.1 Å². The molecular weight excluding hydrogens is 414 g/mol. The number of carbonyl (C=O) groups excluding carboxylic acids is 1. The van der Waals surface area contributed by atoms with Crippen LogP contribution in [0, 0.1) is 5.41 Å². The predicted octanol–water partition coefficient (Wildman–Crippen LogP) is 2.07. The Morgan fingerprint density at radius 2 is 2.19 bits per heavy atom. The lowest BCUT2D eigenvalue weighted by Gasteiger charge is -2.17. The lowest BCUT2D eigenvalue weighted by Crippen LogP contribution is -2.38. The summed E-state index contributed by atoms with van der Waals surface area (Å²) in [7, 11) is 0. The number of nitrogens with zero attached hydrogens (tertiary/aromatic N) is 3. The van der Waals surface area contributed by atoms with Crippen LogP contribution in [-0.4, -0.2) is 39.7 Å². The molecule has 2 aliphatic heterocycles. The van der Waals surface area contributed by atoms with Crippen LogP contribution in [0.3, 0.4) is 0 Å². The average molecular weight is 432 g/mol. The van der Waals surface area contributed by atoms with Crippen LogP contribution in [-0.2, 0) is 22.6 Å². The zero-order chi connectivity index (χ0) is 18.4. The van der Waals surface area contributed by atoms with E-state index in [1.165, 1.54) is 0 Å². The molecule has 3 aliphatic rings. The third-order valence-electron chi connectivity index (χ3n) is 5.43. The van der Waals surface area contributed by atoms with Crippen molar-refractivity contribution in [1.29, 1.82) is 0 Å². The van der Waals surface area contributed by atoms with Crippen molar-refractivity contribution in [2.24, 2.45) is 5.41 Å². The smallest absolute Gasteiger partial charge is 0.242 e. The predicted molar refractivity (Wildman–Crippen MR) is 99.6 cm³/mol. The van der Waals surface area contributed by atoms with E-state index < -0.39 is 0 Å². The van der Waals surface area contributed by atoms with E-state index in [0.717, 1.165) is 18.4 Å². The quantitative estimate of drug-likeness (QED) is 0.615. The molecule has 9 heteroatoms. The molecule has 2 fully saturated rings. The number of hydrogen-bond acceptors (Lipinski definition) is 7. The van der Waals surface area contributed by atoms with Crippen molar-refractivity contribution in [2.75, 3.05) is 11.9 Å². The first-order chi connectivity index (χ1) is 13.1. The number of halogens is 1. The Balaban J connectivity index is 1.44. The summed E-state index contributed by atoms with van der Waals surface area (Å²) in [5.74, 6) is 1.61. The van der Waals surface area contributed by atoms with Crippen molar-refractivity contribution >= 4 is 33.7 Å². The second kappa shape index (κ2) is 6.50. The normalized spacial score (nSPS) is 29.7. The maximum atomic E-state index is 12.8. The summed E-state index contributed by atoms with van der Waals surface area (Å²) < 4.78 is 11.7. The third kappa shape index (κ3) is 3.30. The SMILES string of the molecule is O=C1Nc2nc(Br)ccc2COCC=Cc2noc(n2)C[C@]23CC2N[C@H]1C3. The van der Waals surface area contributed by atoms with Crippen LogP contribution < -0.4 is 10.6 Å². The van der Waals surface area contributed by atoms with Crippen LogP contribution in [0.2, 0.25) is 0 Å². The number of aromatic nitrogens is 3. The molecule has 1 aliphatic carbocycles. The fraction of sp³-hybridized carbons (Fsp3) is 0.444. The fourth-order valence-electron chi connectivity index (χ4n) is 3.94. The minimum Gasteiger partial charge on any atom is -0.373 e. The summed E-state index contributed by atoms with van der Waals surface area (Å²) in [5, 5.41) is 10.4. The highest BCUT2D eigenvalue weighted by molar-refractivity contribution is 9.10. The summed E-state index contributed by atoms with van der Waals surface area (Å²) >= 11 is 3.37. The van der Waals surface area contributed by atoms with Crippen molar-refractivity contribution in [2.45, 2.75) is 38.0 Å². The number of rotatable bonds is 0. The Morgan fingerprint density at radius 3 is 3.11 bits per heavy atom. The lowest BCUT2D eigenvalue weighted by atomic mass is 9.95. The first-order valence-electron chi connectivity index (χ1n) is 8.91. The summed E-state index contributed by atoms with van der Waals surface area (Å²) in [4.78, 5) is 21.6. The number of piperidine rings is 1. The van der Waals surface area contributed by atoms with Gasteiger partial charge >= 0.3 is 0 Å². The van der Waals surface area contributed by atoms with Gasteiger partial charge in [-0.1, -0.05) is 17.3 Å². The highest BCUT2D eigenvalue weighted by atomic mass is 79.9. The molecule has 1 amide bonds. The molecule has 5 rings (SSSR count). The van der Waals surface area contributed by atoms with Crippen molar-refractivity contribution in [3.8, 4) is 0 Å². The van der Waals surface area contributed by atoms with Crippen LogP contribution >= 0.6 is 15.9 Å². The summed E-state index contributed by atoms with van der Waals surface area (Å²) in [6.07, 6.45) is 6.09.